The van der Waals surface area contributed by atoms with Crippen LogP contribution in [0.5, 0.6) is 0 Å². The van der Waals surface area contributed by atoms with Gasteiger partial charge in [0.25, 0.3) is 0 Å². The van der Waals surface area contributed by atoms with Gasteiger partial charge in [0.1, 0.15) is 0 Å². The highest BCUT2D eigenvalue weighted by Crippen LogP contribution is 2.19. The molecule has 0 spiro atoms. The number of nitrogens with zero attached hydrogens (tertiary/aromatic N) is 1. The lowest BCUT2D eigenvalue weighted by Crippen LogP contribution is -2.26. The summed E-state index contributed by atoms with van der Waals surface area (Å²) in [7, 11) is 0. The Labute approximate surface area is 158 Å². The Morgan fingerprint density at radius 1 is 1.04 bits per heavy atom. The molecule has 0 radical (unpaired) electrons. The molecule has 26 heavy (non-hydrogen) atoms. The number of esters is 1. The second-order valence-corrected chi connectivity index (χ2v) is 7.16. The van der Waals surface area contributed by atoms with E-state index in [2.05, 4.69) is 27.8 Å². The number of carbonyl (C=O) groups is 2. The third-order valence-corrected chi connectivity index (χ3v) is 4.86. The normalized spacial score (nSPS) is 10.4. The molecule has 0 saturated carbocycles. The number of rotatable bonds is 10. The zero-order valence-corrected chi connectivity index (χ0v) is 16.0. The van der Waals surface area contributed by atoms with E-state index in [1.165, 1.54) is 23.6 Å². The second-order valence-electron chi connectivity index (χ2n) is 5.91. The van der Waals surface area contributed by atoms with Crippen molar-refractivity contribution in [2.45, 2.75) is 33.1 Å². The second kappa shape index (κ2) is 10.6. The average molecular weight is 375 g/mol. The first-order valence-corrected chi connectivity index (χ1v) is 9.49. The third kappa shape index (κ3) is 7.65. The van der Waals surface area contributed by atoms with Gasteiger partial charge in [-0.3, -0.25) is 14.6 Å². The fourth-order valence-corrected chi connectivity index (χ4v) is 3.36. The number of anilines is 1. The standard InChI is InChI=1S/C19H25N3O3S/c1-14(23)20-10-11-21-17-4-3-16(22-13-17)5-6-18-7-8-19(26-18)9-12-25-15(2)24/h3-4,7-8,13,21H,5-6,9-12H2,1-2H3,(H,20,23). The van der Waals surface area contributed by atoms with Gasteiger partial charge < -0.3 is 15.4 Å². The summed E-state index contributed by atoms with van der Waals surface area (Å²) in [5.74, 6) is -0.260. The van der Waals surface area contributed by atoms with Crippen LogP contribution in [0.2, 0.25) is 0 Å². The summed E-state index contributed by atoms with van der Waals surface area (Å²) in [6, 6.07) is 8.26. The molecule has 7 heteroatoms. The van der Waals surface area contributed by atoms with E-state index in [4.69, 9.17) is 4.74 Å². The lowest BCUT2D eigenvalue weighted by Gasteiger charge is -2.07. The summed E-state index contributed by atoms with van der Waals surface area (Å²) in [5.41, 5.74) is 2.00. The molecule has 2 rings (SSSR count). The number of carbonyl (C=O) groups excluding carboxylic acids is 2. The van der Waals surface area contributed by atoms with E-state index >= 15 is 0 Å². The molecule has 6 nitrogen and oxygen atoms in total. The molecule has 0 aromatic carbocycles. The number of aryl methyl sites for hydroxylation is 2. The molecule has 0 aliphatic rings. The Morgan fingerprint density at radius 2 is 1.81 bits per heavy atom. The van der Waals surface area contributed by atoms with Crippen LogP contribution in [0, 0.1) is 0 Å². The van der Waals surface area contributed by atoms with Crippen LogP contribution in [0.4, 0.5) is 5.69 Å². The predicted octanol–water partition coefficient (Wildman–Crippen LogP) is 2.58. The molecule has 2 aromatic heterocycles. The van der Waals surface area contributed by atoms with Crippen LogP contribution in [0.3, 0.4) is 0 Å². The first kappa shape index (κ1) is 19.9. The smallest absolute Gasteiger partial charge is 0.302 e. The number of ether oxygens (including phenoxy) is 1. The molecule has 0 fully saturated rings. The van der Waals surface area contributed by atoms with Crippen LogP contribution < -0.4 is 10.6 Å². The summed E-state index contributed by atoms with van der Waals surface area (Å²) >= 11 is 1.76. The molecule has 140 valence electrons. The van der Waals surface area contributed by atoms with Crippen LogP contribution in [0.15, 0.2) is 30.5 Å². The quantitative estimate of drug-likeness (QED) is 0.493. The molecular formula is C19H25N3O3S. The number of aromatic nitrogens is 1. The van der Waals surface area contributed by atoms with E-state index in [0.717, 1.165) is 30.6 Å². The maximum atomic E-state index is 10.8. The molecule has 0 bridgehead atoms. The molecule has 2 aromatic rings. The number of thiophene rings is 1. The lowest BCUT2D eigenvalue weighted by atomic mass is 10.2. The molecule has 2 heterocycles. The van der Waals surface area contributed by atoms with Crippen molar-refractivity contribution in [3.8, 4) is 0 Å². The molecule has 0 atom stereocenters. The van der Waals surface area contributed by atoms with E-state index in [9.17, 15) is 9.59 Å². The van der Waals surface area contributed by atoms with Gasteiger partial charge >= 0.3 is 5.97 Å². The van der Waals surface area contributed by atoms with Gasteiger partial charge in [0.2, 0.25) is 5.91 Å². The van der Waals surface area contributed by atoms with E-state index in [1.807, 2.05) is 18.3 Å². The van der Waals surface area contributed by atoms with E-state index < -0.39 is 0 Å². The van der Waals surface area contributed by atoms with Crippen LogP contribution >= 0.6 is 11.3 Å². The fraction of sp³-hybridized carbons (Fsp3) is 0.421. The third-order valence-electron chi connectivity index (χ3n) is 3.65. The van der Waals surface area contributed by atoms with Crippen molar-refractivity contribution < 1.29 is 14.3 Å². The summed E-state index contributed by atoms with van der Waals surface area (Å²) in [6.07, 6.45) is 4.42. The first-order chi connectivity index (χ1) is 12.5. The molecule has 0 saturated heterocycles. The Hall–Kier alpha value is -2.41. The molecular weight excluding hydrogens is 350 g/mol. The highest BCUT2D eigenvalue weighted by molar-refractivity contribution is 7.11. The van der Waals surface area contributed by atoms with E-state index in [0.29, 0.717) is 19.7 Å². The van der Waals surface area contributed by atoms with Crippen LogP contribution in [0.1, 0.15) is 29.3 Å². The van der Waals surface area contributed by atoms with Gasteiger partial charge in [-0.1, -0.05) is 0 Å². The van der Waals surface area contributed by atoms with Crippen LogP contribution in [-0.2, 0) is 33.6 Å². The maximum Gasteiger partial charge on any atom is 0.302 e. The van der Waals surface area contributed by atoms with E-state index in [-0.39, 0.29) is 11.9 Å². The minimum atomic E-state index is -0.235. The highest BCUT2D eigenvalue weighted by atomic mass is 32.1. The van der Waals surface area contributed by atoms with Gasteiger partial charge in [0.05, 0.1) is 18.5 Å². The Morgan fingerprint density at radius 3 is 2.46 bits per heavy atom. The number of hydrogen-bond acceptors (Lipinski definition) is 6. The average Bonchev–Trinajstić information content (AvgIpc) is 3.05. The number of pyridine rings is 1. The Kier molecular flexibility index (Phi) is 8.08. The zero-order valence-electron chi connectivity index (χ0n) is 15.2. The largest absolute Gasteiger partial charge is 0.465 e. The zero-order chi connectivity index (χ0) is 18.8. The number of hydrogen-bond donors (Lipinski definition) is 2. The van der Waals surface area contributed by atoms with Crippen molar-refractivity contribution in [1.82, 2.24) is 10.3 Å². The van der Waals surface area contributed by atoms with Crippen LogP contribution in [0.25, 0.3) is 0 Å². The monoisotopic (exact) mass is 375 g/mol. The molecule has 0 aliphatic carbocycles. The summed E-state index contributed by atoms with van der Waals surface area (Å²) in [4.78, 5) is 28.6. The summed E-state index contributed by atoms with van der Waals surface area (Å²) in [6.45, 7) is 4.64. The van der Waals surface area contributed by atoms with Gasteiger partial charge in [-0.05, 0) is 37.1 Å². The Balaban J connectivity index is 1.71. The van der Waals surface area contributed by atoms with Crippen molar-refractivity contribution in [1.29, 1.82) is 0 Å². The predicted molar refractivity (Wildman–Crippen MR) is 103 cm³/mol. The molecule has 0 unspecified atom stereocenters. The van der Waals surface area contributed by atoms with Gasteiger partial charge in [-0.2, -0.15) is 0 Å². The topological polar surface area (TPSA) is 80.3 Å². The van der Waals surface area contributed by atoms with Crippen molar-refractivity contribution >= 4 is 28.9 Å². The van der Waals surface area contributed by atoms with E-state index in [1.54, 1.807) is 11.3 Å². The van der Waals surface area contributed by atoms with Crippen LogP contribution in [-0.4, -0.2) is 36.6 Å². The number of nitrogens with one attached hydrogen (secondary N) is 2. The minimum absolute atomic E-state index is 0.0246. The lowest BCUT2D eigenvalue weighted by molar-refractivity contribution is -0.140. The fourth-order valence-electron chi connectivity index (χ4n) is 2.36. The van der Waals surface area contributed by atoms with Crippen molar-refractivity contribution in [3.05, 3.63) is 45.9 Å². The molecule has 2 N–H and O–H groups in total. The molecule has 1 amide bonds. The van der Waals surface area contributed by atoms with Crippen molar-refractivity contribution in [3.63, 3.8) is 0 Å². The minimum Gasteiger partial charge on any atom is -0.465 e. The summed E-state index contributed by atoms with van der Waals surface area (Å²) in [5, 5.41) is 5.96. The van der Waals surface area contributed by atoms with Gasteiger partial charge in [0, 0.05) is 48.8 Å². The first-order valence-electron chi connectivity index (χ1n) is 8.67. The van der Waals surface area contributed by atoms with Crippen molar-refractivity contribution in [2.75, 3.05) is 25.0 Å². The number of amides is 1. The van der Waals surface area contributed by atoms with Gasteiger partial charge in [-0.15, -0.1) is 11.3 Å². The van der Waals surface area contributed by atoms with Crippen molar-refractivity contribution in [2.24, 2.45) is 0 Å². The SMILES string of the molecule is CC(=O)NCCNc1ccc(CCc2ccc(CCOC(C)=O)s2)nc1. The van der Waals surface area contributed by atoms with Gasteiger partial charge in [0.15, 0.2) is 0 Å². The van der Waals surface area contributed by atoms with Gasteiger partial charge in [-0.25, -0.2) is 0 Å². The highest BCUT2D eigenvalue weighted by Gasteiger charge is 2.03. The molecule has 0 aliphatic heterocycles. The summed E-state index contributed by atoms with van der Waals surface area (Å²) < 4.78 is 4.97. The Bertz CT molecular complexity index is 713. The maximum absolute atomic E-state index is 10.8.